The molecule has 2 N–H and O–H groups in total. The van der Waals surface area contributed by atoms with Gasteiger partial charge in [-0.05, 0) is 19.9 Å². The summed E-state index contributed by atoms with van der Waals surface area (Å²) in [5, 5.41) is 4.85. The van der Waals surface area contributed by atoms with E-state index in [-0.39, 0.29) is 25.9 Å². The molecule has 2 heterocycles. The Hall–Kier alpha value is -1.84. The van der Waals surface area contributed by atoms with Gasteiger partial charge in [0.15, 0.2) is 0 Å². The van der Waals surface area contributed by atoms with E-state index < -0.39 is 42.7 Å². The number of amides is 4. The van der Waals surface area contributed by atoms with E-state index in [1.807, 2.05) is 0 Å². The molecule has 0 unspecified atom stereocenters. The van der Waals surface area contributed by atoms with Gasteiger partial charge in [-0.25, -0.2) is 4.79 Å². The second-order valence-electron chi connectivity index (χ2n) is 5.48. The molecule has 2 atom stereocenters. The predicted molar refractivity (Wildman–Crippen MR) is 68.7 cm³/mol. The number of hydrogen-bond donors (Lipinski definition) is 2. The Morgan fingerprint density at radius 2 is 2.05 bits per heavy atom. The number of alkyl halides is 3. The summed E-state index contributed by atoms with van der Waals surface area (Å²) < 4.78 is 38.2. The number of hydrogen-bond acceptors (Lipinski definition) is 4. The van der Waals surface area contributed by atoms with Crippen LogP contribution in [0.4, 0.5) is 18.0 Å². The molecule has 2 rings (SSSR count). The van der Waals surface area contributed by atoms with Gasteiger partial charge in [-0.2, -0.15) is 13.2 Å². The van der Waals surface area contributed by atoms with E-state index in [4.69, 9.17) is 0 Å². The van der Waals surface area contributed by atoms with E-state index in [1.54, 1.807) is 0 Å². The first-order valence-corrected chi connectivity index (χ1v) is 6.83. The SMILES string of the molecule is CN1C[C@H](NC(=O)CN2C(=O)CNC2=O)CC[C@@H]1C(F)(F)F. The van der Waals surface area contributed by atoms with Gasteiger partial charge in [0.25, 0.3) is 5.91 Å². The lowest BCUT2D eigenvalue weighted by molar-refractivity contribution is -0.188. The van der Waals surface area contributed by atoms with Crippen molar-refractivity contribution in [3.05, 3.63) is 0 Å². The summed E-state index contributed by atoms with van der Waals surface area (Å²) in [6, 6.07) is -2.58. The molecule has 0 bridgehead atoms. The number of nitrogens with zero attached hydrogens (tertiary/aromatic N) is 2. The summed E-state index contributed by atoms with van der Waals surface area (Å²) in [6.45, 7) is -0.505. The second kappa shape index (κ2) is 6.11. The predicted octanol–water partition coefficient (Wildman–Crippen LogP) is -0.320. The fraction of sp³-hybridized carbons (Fsp3) is 0.750. The number of imide groups is 1. The maximum Gasteiger partial charge on any atom is 0.404 e. The van der Waals surface area contributed by atoms with Crippen LogP contribution in [0.3, 0.4) is 0 Å². The van der Waals surface area contributed by atoms with E-state index in [2.05, 4.69) is 10.6 Å². The summed E-state index contributed by atoms with van der Waals surface area (Å²) >= 11 is 0. The molecule has 2 saturated heterocycles. The largest absolute Gasteiger partial charge is 0.404 e. The summed E-state index contributed by atoms with van der Waals surface area (Å²) in [7, 11) is 1.36. The molecule has 124 valence electrons. The van der Waals surface area contributed by atoms with Crippen LogP contribution in [0, 0.1) is 0 Å². The van der Waals surface area contributed by atoms with Gasteiger partial charge in [-0.1, -0.05) is 0 Å². The van der Waals surface area contributed by atoms with Gasteiger partial charge >= 0.3 is 12.2 Å². The molecule has 2 fully saturated rings. The second-order valence-corrected chi connectivity index (χ2v) is 5.48. The zero-order valence-electron chi connectivity index (χ0n) is 11.9. The molecular formula is C12H17F3N4O3. The summed E-state index contributed by atoms with van der Waals surface area (Å²) in [4.78, 5) is 36.4. The van der Waals surface area contributed by atoms with Crippen LogP contribution in [0.25, 0.3) is 0 Å². The van der Waals surface area contributed by atoms with Crippen LogP contribution >= 0.6 is 0 Å². The first kappa shape index (κ1) is 16.5. The van der Waals surface area contributed by atoms with Crippen molar-refractivity contribution in [2.45, 2.75) is 31.1 Å². The van der Waals surface area contributed by atoms with Gasteiger partial charge in [0.05, 0.1) is 6.54 Å². The van der Waals surface area contributed by atoms with E-state index in [0.717, 1.165) is 9.80 Å². The number of carbonyl (C=O) groups is 3. The van der Waals surface area contributed by atoms with Crippen molar-refractivity contribution in [2.75, 3.05) is 26.7 Å². The molecule has 0 spiro atoms. The Morgan fingerprint density at radius 1 is 1.36 bits per heavy atom. The van der Waals surface area contributed by atoms with Crippen molar-refractivity contribution >= 4 is 17.8 Å². The van der Waals surface area contributed by atoms with Crippen LogP contribution in [0.1, 0.15) is 12.8 Å². The average molecular weight is 322 g/mol. The third-order valence-electron chi connectivity index (χ3n) is 3.81. The number of likely N-dealkylation sites (N-methyl/N-ethyl adjacent to an activating group) is 1. The lowest BCUT2D eigenvalue weighted by Gasteiger charge is -2.38. The minimum absolute atomic E-state index is 0.0655. The van der Waals surface area contributed by atoms with E-state index in [0.29, 0.717) is 0 Å². The monoisotopic (exact) mass is 322 g/mol. The molecule has 0 saturated carbocycles. The van der Waals surface area contributed by atoms with Crippen LogP contribution in [0.2, 0.25) is 0 Å². The van der Waals surface area contributed by atoms with Crippen molar-refractivity contribution in [2.24, 2.45) is 0 Å². The van der Waals surface area contributed by atoms with Crippen molar-refractivity contribution in [3.63, 3.8) is 0 Å². The van der Waals surface area contributed by atoms with E-state index >= 15 is 0 Å². The number of urea groups is 1. The zero-order valence-corrected chi connectivity index (χ0v) is 11.9. The molecule has 0 radical (unpaired) electrons. The molecule has 4 amide bonds. The molecule has 2 aliphatic rings. The van der Waals surface area contributed by atoms with Crippen molar-refractivity contribution in [3.8, 4) is 0 Å². The minimum Gasteiger partial charge on any atom is -0.351 e. The van der Waals surface area contributed by atoms with Crippen molar-refractivity contribution in [1.82, 2.24) is 20.4 Å². The van der Waals surface area contributed by atoms with E-state index in [9.17, 15) is 27.6 Å². The highest BCUT2D eigenvalue weighted by Crippen LogP contribution is 2.30. The summed E-state index contributed by atoms with van der Waals surface area (Å²) in [5.41, 5.74) is 0. The van der Waals surface area contributed by atoms with Crippen molar-refractivity contribution < 1.29 is 27.6 Å². The average Bonchev–Trinajstić information content (AvgIpc) is 2.69. The Labute approximate surface area is 124 Å². The van der Waals surface area contributed by atoms with Gasteiger partial charge in [0.2, 0.25) is 5.91 Å². The molecule has 7 nitrogen and oxygen atoms in total. The number of halogens is 3. The van der Waals surface area contributed by atoms with Gasteiger partial charge in [0, 0.05) is 12.6 Å². The minimum atomic E-state index is -4.29. The number of piperidine rings is 1. The normalized spacial score (nSPS) is 27.0. The zero-order chi connectivity index (χ0) is 16.5. The van der Waals surface area contributed by atoms with Gasteiger partial charge in [-0.3, -0.25) is 19.4 Å². The van der Waals surface area contributed by atoms with E-state index in [1.165, 1.54) is 7.05 Å². The molecule has 0 aliphatic carbocycles. The van der Waals surface area contributed by atoms with Crippen molar-refractivity contribution in [1.29, 1.82) is 0 Å². The number of rotatable bonds is 3. The quantitative estimate of drug-likeness (QED) is 0.698. The first-order valence-electron chi connectivity index (χ1n) is 6.83. The molecule has 22 heavy (non-hydrogen) atoms. The maximum absolute atomic E-state index is 12.7. The fourth-order valence-corrected chi connectivity index (χ4v) is 2.71. The topological polar surface area (TPSA) is 81.8 Å². The molecule has 10 heteroatoms. The molecule has 2 aliphatic heterocycles. The third kappa shape index (κ3) is 3.67. The smallest absolute Gasteiger partial charge is 0.351 e. The van der Waals surface area contributed by atoms with Crippen LogP contribution in [-0.2, 0) is 9.59 Å². The lowest BCUT2D eigenvalue weighted by Crippen LogP contribution is -2.55. The maximum atomic E-state index is 12.7. The Bertz CT molecular complexity index is 467. The lowest BCUT2D eigenvalue weighted by atomic mass is 9.98. The summed E-state index contributed by atoms with van der Waals surface area (Å²) in [5.74, 6) is -1.06. The van der Waals surface area contributed by atoms with Crippen LogP contribution in [0.15, 0.2) is 0 Å². The molecule has 0 aromatic carbocycles. The van der Waals surface area contributed by atoms with Gasteiger partial charge < -0.3 is 10.6 Å². The highest BCUT2D eigenvalue weighted by molar-refractivity contribution is 6.04. The molecule has 0 aromatic rings. The number of nitrogens with one attached hydrogen (secondary N) is 2. The highest BCUT2D eigenvalue weighted by Gasteiger charge is 2.45. The van der Waals surface area contributed by atoms with Crippen LogP contribution in [-0.4, -0.2) is 72.6 Å². The fourth-order valence-electron chi connectivity index (χ4n) is 2.71. The molecular weight excluding hydrogens is 305 g/mol. The first-order chi connectivity index (χ1) is 10.2. The van der Waals surface area contributed by atoms with Gasteiger partial charge in [0.1, 0.15) is 12.6 Å². The number of likely N-dealkylation sites (tertiary alicyclic amines) is 1. The molecule has 0 aromatic heterocycles. The van der Waals surface area contributed by atoms with Gasteiger partial charge in [-0.15, -0.1) is 0 Å². The van der Waals surface area contributed by atoms with Crippen LogP contribution in [0.5, 0.6) is 0 Å². The third-order valence-corrected chi connectivity index (χ3v) is 3.81. The number of carbonyl (C=O) groups excluding carboxylic acids is 3. The Balaban J connectivity index is 1.84. The van der Waals surface area contributed by atoms with Crippen LogP contribution < -0.4 is 10.6 Å². The standard InChI is InChI=1S/C12H17F3N4O3/c1-18-5-7(2-3-8(18)12(13,14)15)17-9(20)6-19-10(21)4-16-11(19)22/h7-8H,2-6H2,1H3,(H,16,22)(H,17,20)/t7-,8-/m1/s1. The Kier molecular flexibility index (Phi) is 4.59. The Morgan fingerprint density at radius 3 is 2.55 bits per heavy atom. The summed E-state index contributed by atoms with van der Waals surface area (Å²) in [6.07, 6.45) is -4.20. The highest BCUT2D eigenvalue weighted by atomic mass is 19.4.